The van der Waals surface area contributed by atoms with E-state index >= 15 is 0 Å². The smallest absolute Gasteiger partial charge is 0.269 e. The highest BCUT2D eigenvalue weighted by molar-refractivity contribution is 5.99. The van der Waals surface area contributed by atoms with Gasteiger partial charge in [-0.05, 0) is 60.5 Å². The van der Waals surface area contributed by atoms with Gasteiger partial charge < -0.3 is 14.8 Å². The van der Waals surface area contributed by atoms with Gasteiger partial charge >= 0.3 is 0 Å². The summed E-state index contributed by atoms with van der Waals surface area (Å²) < 4.78 is 10.6. The van der Waals surface area contributed by atoms with Crippen molar-refractivity contribution >= 4 is 23.4 Å². The Labute approximate surface area is 191 Å². The van der Waals surface area contributed by atoms with Gasteiger partial charge in [0.2, 0.25) is 0 Å². The van der Waals surface area contributed by atoms with E-state index in [9.17, 15) is 14.4 Å². The van der Waals surface area contributed by atoms with Gasteiger partial charge in [-0.1, -0.05) is 25.1 Å². The summed E-state index contributed by atoms with van der Waals surface area (Å²) in [6.07, 6.45) is 0.880. The Balaban J connectivity index is 1.46. The third kappa shape index (κ3) is 6.83. The maximum absolute atomic E-state index is 12.3. The molecule has 0 atom stereocenters. The van der Waals surface area contributed by atoms with Crippen LogP contribution in [-0.4, -0.2) is 31.4 Å². The molecule has 3 aromatic carbocycles. The Morgan fingerprint density at radius 1 is 0.788 bits per heavy atom. The molecular weight excluding hydrogens is 422 g/mol. The van der Waals surface area contributed by atoms with Gasteiger partial charge in [-0.15, -0.1) is 0 Å². The number of carbonyl (C=O) groups is 3. The quantitative estimate of drug-likeness (QED) is 0.459. The molecular formula is C25H25N3O5. The molecule has 8 nitrogen and oxygen atoms in total. The van der Waals surface area contributed by atoms with Crippen molar-refractivity contribution in [2.75, 3.05) is 19.0 Å². The summed E-state index contributed by atoms with van der Waals surface area (Å²) in [5.74, 6) is -0.163. The monoisotopic (exact) mass is 447 g/mol. The fourth-order valence-electron chi connectivity index (χ4n) is 2.90. The molecule has 0 aromatic heterocycles. The highest BCUT2D eigenvalue weighted by atomic mass is 16.5. The van der Waals surface area contributed by atoms with Crippen LogP contribution in [0.3, 0.4) is 0 Å². The molecule has 170 valence electrons. The number of methoxy groups -OCH3 is 1. The van der Waals surface area contributed by atoms with Gasteiger partial charge in [-0.2, -0.15) is 0 Å². The third-order valence-corrected chi connectivity index (χ3v) is 4.75. The largest absolute Gasteiger partial charge is 0.497 e. The second-order valence-corrected chi connectivity index (χ2v) is 7.05. The number of amides is 3. The van der Waals surface area contributed by atoms with E-state index in [0.29, 0.717) is 28.3 Å². The van der Waals surface area contributed by atoms with Gasteiger partial charge in [-0.3, -0.25) is 25.2 Å². The molecule has 0 saturated heterocycles. The summed E-state index contributed by atoms with van der Waals surface area (Å²) in [6.45, 7) is 1.83. The van der Waals surface area contributed by atoms with Gasteiger partial charge in [0.1, 0.15) is 11.5 Å². The van der Waals surface area contributed by atoms with E-state index in [1.807, 2.05) is 19.1 Å². The van der Waals surface area contributed by atoms with Crippen molar-refractivity contribution < 1.29 is 23.9 Å². The van der Waals surface area contributed by atoms with Crippen molar-refractivity contribution in [2.24, 2.45) is 0 Å². The van der Waals surface area contributed by atoms with Gasteiger partial charge in [0.25, 0.3) is 17.7 Å². The van der Waals surface area contributed by atoms with Crippen molar-refractivity contribution in [3.8, 4) is 11.5 Å². The summed E-state index contributed by atoms with van der Waals surface area (Å²) in [6, 6.07) is 20.3. The Kier molecular flexibility index (Phi) is 8.02. The number of aryl methyl sites for hydroxylation is 1. The SMILES string of the molecule is CCc1ccc(C(=O)NNC(=O)c2ccc(OCC(=O)Nc3cccc(OC)c3)cc2)cc1. The van der Waals surface area contributed by atoms with E-state index in [1.165, 1.54) is 12.1 Å². The summed E-state index contributed by atoms with van der Waals surface area (Å²) in [5, 5.41) is 2.72. The minimum Gasteiger partial charge on any atom is -0.497 e. The van der Waals surface area contributed by atoms with E-state index in [4.69, 9.17) is 9.47 Å². The zero-order valence-electron chi connectivity index (χ0n) is 18.4. The molecule has 3 rings (SSSR count). The Morgan fingerprint density at radius 3 is 1.97 bits per heavy atom. The van der Waals surface area contributed by atoms with E-state index < -0.39 is 11.8 Å². The third-order valence-electron chi connectivity index (χ3n) is 4.75. The minimum atomic E-state index is -0.476. The molecule has 0 spiro atoms. The summed E-state index contributed by atoms with van der Waals surface area (Å²) >= 11 is 0. The van der Waals surface area contributed by atoms with E-state index in [1.54, 1.807) is 55.6 Å². The summed E-state index contributed by atoms with van der Waals surface area (Å²) in [4.78, 5) is 36.5. The molecule has 0 unspecified atom stereocenters. The molecule has 0 bridgehead atoms. The van der Waals surface area contributed by atoms with Crippen molar-refractivity contribution in [3.63, 3.8) is 0 Å². The highest BCUT2D eigenvalue weighted by Gasteiger charge is 2.10. The molecule has 8 heteroatoms. The number of hydrogen-bond acceptors (Lipinski definition) is 5. The minimum absolute atomic E-state index is 0.199. The number of carbonyl (C=O) groups excluding carboxylic acids is 3. The van der Waals surface area contributed by atoms with E-state index in [0.717, 1.165) is 12.0 Å². The van der Waals surface area contributed by atoms with Crippen LogP contribution >= 0.6 is 0 Å². The molecule has 33 heavy (non-hydrogen) atoms. The molecule has 3 aromatic rings. The molecule has 0 fully saturated rings. The molecule has 0 saturated carbocycles. The second-order valence-electron chi connectivity index (χ2n) is 7.05. The van der Waals surface area contributed by atoms with Crippen LogP contribution in [0.5, 0.6) is 11.5 Å². The normalized spacial score (nSPS) is 10.1. The standard InChI is InChI=1S/C25H25N3O5/c1-3-17-7-9-18(10-8-17)24(30)27-28-25(31)19-11-13-21(14-12-19)33-16-23(29)26-20-5-4-6-22(15-20)32-2/h4-15H,3,16H2,1-2H3,(H,26,29)(H,27,30)(H,28,31). The van der Waals surface area contributed by atoms with Gasteiger partial charge in [0.05, 0.1) is 7.11 Å². The molecule has 0 aliphatic heterocycles. The maximum Gasteiger partial charge on any atom is 0.269 e. The van der Waals surface area contributed by atoms with Crippen LogP contribution in [0.2, 0.25) is 0 Å². The average Bonchev–Trinajstić information content (AvgIpc) is 2.86. The van der Waals surface area contributed by atoms with Crippen LogP contribution in [0, 0.1) is 0 Å². The fraction of sp³-hybridized carbons (Fsp3) is 0.160. The predicted octanol–water partition coefficient (Wildman–Crippen LogP) is 3.35. The molecule has 0 radical (unpaired) electrons. The number of anilines is 1. The first-order valence-electron chi connectivity index (χ1n) is 10.3. The maximum atomic E-state index is 12.3. The molecule has 3 N–H and O–H groups in total. The topological polar surface area (TPSA) is 106 Å². The van der Waals surface area contributed by atoms with Crippen LogP contribution < -0.4 is 25.6 Å². The number of nitrogens with one attached hydrogen (secondary N) is 3. The number of benzene rings is 3. The molecule has 0 aliphatic carbocycles. The molecule has 0 aliphatic rings. The zero-order chi connectivity index (χ0) is 23.6. The van der Waals surface area contributed by atoms with Crippen LogP contribution in [0.15, 0.2) is 72.8 Å². The Morgan fingerprint density at radius 2 is 1.39 bits per heavy atom. The lowest BCUT2D eigenvalue weighted by Crippen LogP contribution is -2.41. The lowest BCUT2D eigenvalue weighted by Gasteiger charge is -2.10. The van der Waals surface area contributed by atoms with Gasteiger partial charge in [0.15, 0.2) is 6.61 Å². The van der Waals surface area contributed by atoms with E-state index in [2.05, 4.69) is 16.2 Å². The van der Waals surface area contributed by atoms with Crippen molar-refractivity contribution in [2.45, 2.75) is 13.3 Å². The lowest BCUT2D eigenvalue weighted by molar-refractivity contribution is -0.118. The van der Waals surface area contributed by atoms with Crippen molar-refractivity contribution in [1.82, 2.24) is 10.9 Å². The first-order chi connectivity index (χ1) is 16.0. The highest BCUT2D eigenvalue weighted by Crippen LogP contribution is 2.17. The Bertz CT molecular complexity index is 1110. The van der Waals surface area contributed by atoms with Crippen LogP contribution in [-0.2, 0) is 11.2 Å². The first-order valence-corrected chi connectivity index (χ1v) is 10.3. The number of rotatable bonds is 8. The summed E-state index contributed by atoms with van der Waals surface area (Å²) in [5.41, 5.74) is 7.26. The predicted molar refractivity (Wildman–Crippen MR) is 124 cm³/mol. The van der Waals surface area contributed by atoms with Crippen molar-refractivity contribution in [3.05, 3.63) is 89.5 Å². The zero-order valence-corrected chi connectivity index (χ0v) is 18.4. The number of hydrogen-bond donors (Lipinski definition) is 3. The van der Waals surface area contributed by atoms with Crippen molar-refractivity contribution in [1.29, 1.82) is 0 Å². The lowest BCUT2D eigenvalue weighted by atomic mass is 10.1. The number of hydrazine groups is 1. The Hall–Kier alpha value is -4.33. The summed E-state index contributed by atoms with van der Waals surface area (Å²) in [7, 11) is 1.55. The first kappa shape index (κ1) is 23.3. The second kappa shape index (κ2) is 11.3. The van der Waals surface area contributed by atoms with Gasteiger partial charge in [0, 0.05) is 22.9 Å². The fourth-order valence-corrected chi connectivity index (χ4v) is 2.90. The molecule has 3 amide bonds. The molecule has 0 heterocycles. The van der Waals surface area contributed by atoms with E-state index in [-0.39, 0.29) is 12.5 Å². The van der Waals surface area contributed by atoms with Crippen LogP contribution in [0.1, 0.15) is 33.2 Å². The van der Waals surface area contributed by atoms with Gasteiger partial charge in [-0.25, -0.2) is 0 Å². The van der Waals surface area contributed by atoms with Crippen LogP contribution in [0.25, 0.3) is 0 Å². The average molecular weight is 447 g/mol. The number of ether oxygens (including phenoxy) is 2. The van der Waals surface area contributed by atoms with Crippen LogP contribution in [0.4, 0.5) is 5.69 Å².